The number of hydrogen-bond donors (Lipinski definition) is 1. The summed E-state index contributed by atoms with van der Waals surface area (Å²) in [5.74, 6) is -0.842. The van der Waals surface area contributed by atoms with Crippen LogP contribution in [0, 0.1) is 11.3 Å². The molecule has 1 fully saturated rings. The van der Waals surface area contributed by atoms with Gasteiger partial charge in [0.1, 0.15) is 0 Å². The molecule has 132 valence electrons. The molecule has 0 aromatic heterocycles. The van der Waals surface area contributed by atoms with Gasteiger partial charge in [0.05, 0.1) is 17.0 Å². The summed E-state index contributed by atoms with van der Waals surface area (Å²) in [6.45, 7) is -0.370. The third-order valence-corrected chi connectivity index (χ3v) is 4.86. The van der Waals surface area contributed by atoms with E-state index in [2.05, 4.69) is 5.32 Å². The predicted molar refractivity (Wildman–Crippen MR) is 97.7 cm³/mol. The number of amides is 1. The minimum Gasteiger partial charge on any atom is -0.455 e. The highest BCUT2D eigenvalue weighted by Crippen LogP contribution is 2.45. The first-order valence-electron chi connectivity index (χ1n) is 8.27. The Labute approximate surface area is 156 Å². The largest absolute Gasteiger partial charge is 0.455 e. The topological polar surface area (TPSA) is 79.2 Å². The fourth-order valence-electron chi connectivity index (χ4n) is 3.04. The minimum atomic E-state index is -0.689. The van der Waals surface area contributed by atoms with Gasteiger partial charge in [-0.1, -0.05) is 36.2 Å². The van der Waals surface area contributed by atoms with Gasteiger partial charge in [0.2, 0.25) is 0 Å². The molecule has 1 aliphatic rings. The van der Waals surface area contributed by atoms with E-state index in [1.165, 1.54) is 0 Å². The van der Waals surface area contributed by atoms with Gasteiger partial charge < -0.3 is 10.1 Å². The first kappa shape index (κ1) is 18.0. The standard InChI is InChI=1S/C20H17ClN2O3/c21-16-7-5-15(6-8-16)20(9-2-10-20)19(25)26-13-18(24)23-17-4-1-3-14(11-17)12-22/h1,3-8,11H,2,9-10,13H2,(H,23,24). The van der Waals surface area contributed by atoms with E-state index < -0.39 is 17.3 Å². The SMILES string of the molecule is N#Cc1cccc(NC(=O)COC(=O)C2(c3ccc(Cl)cc3)CCC2)c1. The third-order valence-electron chi connectivity index (χ3n) is 4.60. The highest BCUT2D eigenvalue weighted by atomic mass is 35.5. The lowest BCUT2D eigenvalue weighted by Crippen LogP contribution is -2.44. The Hall–Kier alpha value is -2.84. The Balaban J connectivity index is 1.61. The van der Waals surface area contributed by atoms with Crippen LogP contribution in [0.15, 0.2) is 48.5 Å². The highest BCUT2D eigenvalue weighted by Gasteiger charge is 2.47. The zero-order valence-electron chi connectivity index (χ0n) is 14.0. The van der Waals surface area contributed by atoms with Gasteiger partial charge in [-0.3, -0.25) is 9.59 Å². The van der Waals surface area contributed by atoms with Crippen LogP contribution >= 0.6 is 11.6 Å². The van der Waals surface area contributed by atoms with Crippen LogP contribution in [0.25, 0.3) is 0 Å². The molecule has 5 nitrogen and oxygen atoms in total. The average Bonchev–Trinajstić information content (AvgIpc) is 2.61. The van der Waals surface area contributed by atoms with E-state index in [1.54, 1.807) is 36.4 Å². The van der Waals surface area contributed by atoms with Crippen LogP contribution in [0.4, 0.5) is 5.69 Å². The summed E-state index contributed by atoms with van der Waals surface area (Å²) < 4.78 is 5.28. The quantitative estimate of drug-likeness (QED) is 0.814. The third kappa shape index (κ3) is 3.71. The number of carbonyl (C=O) groups is 2. The molecule has 0 aliphatic heterocycles. The van der Waals surface area contributed by atoms with E-state index in [-0.39, 0.29) is 6.61 Å². The Kier molecular flexibility index (Phi) is 5.24. The van der Waals surface area contributed by atoms with Gasteiger partial charge in [0.25, 0.3) is 5.91 Å². The minimum absolute atomic E-state index is 0.370. The van der Waals surface area contributed by atoms with Gasteiger partial charge in [-0.05, 0) is 48.7 Å². The molecular weight excluding hydrogens is 352 g/mol. The van der Waals surface area contributed by atoms with Crippen LogP contribution in [0.3, 0.4) is 0 Å². The van der Waals surface area contributed by atoms with Crippen molar-refractivity contribution in [1.82, 2.24) is 0 Å². The molecule has 2 aromatic rings. The second kappa shape index (κ2) is 7.59. The number of nitrogens with zero attached hydrogens (tertiary/aromatic N) is 1. The molecule has 6 heteroatoms. The van der Waals surface area contributed by atoms with Crippen LogP contribution < -0.4 is 5.32 Å². The number of esters is 1. The molecule has 1 aliphatic carbocycles. The lowest BCUT2D eigenvalue weighted by atomic mass is 9.64. The maximum absolute atomic E-state index is 12.6. The number of halogens is 1. The lowest BCUT2D eigenvalue weighted by Gasteiger charge is -2.39. The van der Waals surface area contributed by atoms with Gasteiger partial charge in [-0.15, -0.1) is 0 Å². The van der Waals surface area contributed by atoms with Crippen molar-refractivity contribution in [3.63, 3.8) is 0 Å². The predicted octanol–water partition coefficient (Wildman–Crippen LogP) is 3.82. The maximum atomic E-state index is 12.6. The summed E-state index contributed by atoms with van der Waals surface area (Å²) in [6.07, 6.45) is 2.32. The lowest BCUT2D eigenvalue weighted by molar-refractivity contribution is -0.156. The summed E-state index contributed by atoms with van der Waals surface area (Å²) in [4.78, 5) is 24.7. The summed E-state index contributed by atoms with van der Waals surface area (Å²) in [5.41, 5.74) is 1.10. The molecule has 0 heterocycles. The summed E-state index contributed by atoms with van der Waals surface area (Å²) >= 11 is 5.91. The van der Waals surface area contributed by atoms with Gasteiger partial charge >= 0.3 is 5.97 Å². The molecule has 0 radical (unpaired) electrons. The monoisotopic (exact) mass is 368 g/mol. The Bertz CT molecular complexity index is 867. The number of ether oxygens (including phenoxy) is 1. The van der Waals surface area contributed by atoms with Crippen molar-refractivity contribution in [2.75, 3.05) is 11.9 Å². The zero-order valence-corrected chi connectivity index (χ0v) is 14.8. The van der Waals surface area contributed by atoms with E-state index in [1.807, 2.05) is 18.2 Å². The van der Waals surface area contributed by atoms with Crippen molar-refractivity contribution in [2.45, 2.75) is 24.7 Å². The van der Waals surface area contributed by atoms with Gasteiger partial charge in [0, 0.05) is 10.7 Å². The fourth-order valence-corrected chi connectivity index (χ4v) is 3.17. The number of nitrogens with one attached hydrogen (secondary N) is 1. The number of anilines is 1. The molecule has 0 saturated heterocycles. The fraction of sp³-hybridized carbons (Fsp3) is 0.250. The van der Waals surface area contributed by atoms with E-state index in [9.17, 15) is 9.59 Å². The van der Waals surface area contributed by atoms with Crippen molar-refractivity contribution < 1.29 is 14.3 Å². The summed E-state index contributed by atoms with van der Waals surface area (Å²) in [7, 11) is 0. The van der Waals surface area contributed by atoms with Crippen LogP contribution in [0.1, 0.15) is 30.4 Å². The van der Waals surface area contributed by atoms with E-state index in [0.717, 1.165) is 12.0 Å². The van der Waals surface area contributed by atoms with Crippen molar-refractivity contribution in [3.8, 4) is 6.07 Å². The summed E-state index contributed by atoms with van der Waals surface area (Å²) in [6, 6.07) is 15.7. The van der Waals surface area contributed by atoms with Crippen LogP contribution in [0.2, 0.25) is 5.02 Å². The zero-order chi connectivity index (χ0) is 18.6. The molecule has 0 unspecified atom stereocenters. The van der Waals surface area contributed by atoms with Crippen molar-refractivity contribution in [1.29, 1.82) is 5.26 Å². The maximum Gasteiger partial charge on any atom is 0.317 e. The van der Waals surface area contributed by atoms with E-state index in [4.69, 9.17) is 21.6 Å². The second-order valence-electron chi connectivity index (χ2n) is 6.26. The molecule has 2 aromatic carbocycles. The average molecular weight is 369 g/mol. The van der Waals surface area contributed by atoms with E-state index in [0.29, 0.717) is 29.1 Å². The van der Waals surface area contributed by atoms with Crippen LogP contribution in [0.5, 0.6) is 0 Å². The van der Waals surface area contributed by atoms with Gasteiger partial charge in [0.15, 0.2) is 6.61 Å². The molecule has 1 N–H and O–H groups in total. The van der Waals surface area contributed by atoms with Gasteiger partial charge in [-0.25, -0.2) is 0 Å². The summed E-state index contributed by atoms with van der Waals surface area (Å²) in [5, 5.41) is 12.1. The van der Waals surface area contributed by atoms with Crippen molar-refractivity contribution >= 4 is 29.2 Å². The normalized spacial score (nSPS) is 14.6. The van der Waals surface area contributed by atoms with Crippen molar-refractivity contribution in [3.05, 3.63) is 64.7 Å². The molecule has 1 saturated carbocycles. The van der Waals surface area contributed by atoms with Gasteiger partial charge in [-0.2, -0.15) is 5.26 Å². The molecule has 0 bridgehead atoms. The van der Waals surface area contributed by atoms with Crippen molar-refractivity contribution in [2.24, 2.45) is 0 Å². The number of rotatable bonds is 5. The molecule has 0 atom stereocenters. The Morgan fingerprint density at radius 1 is 1.19 bits per heavy atom. The molecule has 3 rings (SSSR count). The number of hydrogen-bond acceptors (Lipinski definition) is 4. The molecule has 0 spiro atoms. The van der Waals surface area contributed by atoms with E-state index >= 15 is 0 Å². The first-order valence-corrected chi connectivity index (χ1v) is 8.64. The Morgan fingerprint density at radius 3 is 2.54 bits per heavy atom. The molecule has 1 amide bonds. The number of benzene rings is 2. The molecular formula is C20H17ClN2O3. The highest BCUT2D eigenvalue weighted by molar-refractivity contribution is 6.30. The first-order chi connectivity index (χ1) is 12.5. The Morgan fingerprint density at radius 2 is 1.92 bits per heavy atom. The smallest absolute Gasteiger partial charge is 0.317 e. The second-order valence-corrected chi connectivity index (χ2v) is 6.70. The molecule has 26 heavy (non-hydrogen) atoms. The van der Waals surface area contributed by atoms with Crippen LogP contribution in [-0.2, 0) is 19.7 Å². The number of carbonyl (C=O) groups excluding carboxylic acids is 2. The van der Waals surface area contributed by atoms with Crippen LogP contribution in [-0.4, -0.2) is 18.5 Å². The number of nitriles is 1.